The number of anilines is 1. The molecule has 114 valence electrons. The molecule has 3 rings (SSSR count). The number of aryl methyl sites for hydroxylation is 1. The predicted octanol–water partition coefficient (Wildman–Crippen LogP) is 3.59. The molecular weight excluding hydrogens is 260 g/mol. The summed E-state index contributed by atoms with van der Waals surface area (Å²) in [4.78, 5) is 12.5. The lowest BCUT2D eigenvalue weighted by Crippen LogP contribution is -2.31. The van der Waals surface area contributed by atoms with Gasteiger partial charge in [-0.25, -0.2) is 0 Å². The molecule has 0 heterocycles. The first-order valence-corrected chi connectivity index (χ1v) is 8.31. The third kappa shape index (κ3) is 3.58. The lowest BCUT2D eigenvalue weighted by Gasteiger charge is -2.17. The maximum atomic E-state index is 12.5. The van der Waals surface area contributed by atoms with Gasteiger partial charge in [0.15, 0.2) is 0 Å². The van der Waals surface area contributed by atoms with E-state index in [4.69, 9.17) is 0 Å². The number of carbonyl (C=O) groups is 1. The fourth-order valence-electron chi connectivity index (χ4n) is 3.27. The highest BCUT2D eigenvalue weighted by molar-refractivity contribution is 5.99. The molecule has 0 bridgehead atoms. The quantitative estimate of drug-likeness (QED) is 0.804. The van der Waals surface area contributed by atoms with Crippen LogP contribution in [-0.4, -0.2) is 19.0 Å². The minimum Gasteiger partial charge on any atom is -0.385 e. The van der Waals surface area contributed by atoms with Crippen LogP contribution in [0.3, 0.4) is 0 Å². The summed E-state index contributed by atoms with van der Waals surface area (Å²) in [6.07, 6.45) is 5.46. The van der Waals surface area contributed by atoms with Crippen LogP contribution in [0.1, 0.15) is 48.5 Å². The monoisotopic (exact) mass is 286 g/mol. The molecule has 3 heteroatoms. The first-order chi connectivity index (χ1) is 10.2. The molecule has 2 aliphatic carbocycles. The van der Waals surface area contributed by atoms with Gasteiger partial charge < -0.3 is 10.6 Å². The molecule has 0 aromatic heterocycles. The Labute approximate surface area is 127 Å². The SMILES string of the molecule is CCNc1cc(C)ccc1C(=O)NCC(C1CC1)C1CC1. The largest absolute Gasteiger partial charge is 0.385 e. The van der Waals surface area contributed by atoms with Gasteiger partial charge in [0.05, 0.1) is 5.56 Å². The molecule has 1 aromatic rings. The first-order valence-electron chi connectivity index (χ1n) is 8.31. The highest BCUT2D eigenvalue weighted by Crippen LogP contribution is 2.48. The van der Waals surface area contributed by atoms with Crippen molar-refractivity contribution in [3.05, 3.63) is 29.3 Å². The van der Waals surface area contributed by atoms with Crippen LogP contribution in [-0.2, 0) is 0 Å². The molecule has 1 amide bonds. The zero-order valence-electron chi connectivity index (χ0n) is 13.1. The number of rotatable bonds is 7. The Balaban J connectivity index is 1.64. The van der Waals surface area contributed by atoms with Gasteiger partial charge in [-0.15, -0.1) is 0 Å². The van der Waals surface area contributed by atoms with Gasteiger partial charge in [0.1, 0.15) is 0 Å². The summed E-state index contributed by atoms with van der Waals surface area (Å²) >= 11 is 0. The standard InChI is InChI=1S/C18H26N2O/c1-3-19-17-10-12(2)4-9-15(17)18(21)20-11-16(13-5-6-13)14-7-8-14/h4,9-10,13-14,16,19H,3,5-8,11H2,1-2H3,(H,20,21). The van der Waals surface area contributed by atoms with E-state index < -0.39 is 0 Å². The number of amides is 1. The van der Waals surface area contributed by atoms with E-state index in [1.165, 1.54) is 31.2 Å². The van der Waals surface area contributed by atoms with Crippen molar-refractivity contribution in [3.63, 3.8) is 0 Å². The van der Waals surface area contributed by atoms with Crippen LogP contribution in [0.15, 0.2) is 18.2 Å². The Hall–Kier alpha value is -1.51. The molecule has 21 heavy (non-hydrogen) atoms. The van der Waals surface area contributed by atoms with Crippen LogP contribution >= 0.6 is 0 Å². The number of hydrogen-bond acceptors (Lipinski definition) is 2. The van der Waals surface area contributed by atoms with Gasteiger partial charge in [0.2, 0.25) is 0 Å². The zero-order chi connectivity index (χ0) is 14.8. The predicted molar refractivity (Wildman–Crippen MR) is 86.6 cm³/mol. The minimum atomic E-state index is 0.0669. The molecule has 3 nitrogen and oxygen atoms in total. The highest BCUT2D eigenvalue weighted by atomic mass is 16.1. The average molecular weight is 286 g/mol. The van der Waals surface area contributed by atoms with Crippen LogP contribution in [0, 0.1) is 24.7 Å². The van der Waals surface area contributed by atoms with Crippen LogP contribution in [0.4, 0.5) is 5.69 Å². The van der Waals surface area contributed by atoms with E-state index in [1.54, 1.807) is 0 Å². The van der Waals surface area contributed by atoms with Gasteiger partial charge in [-0.1, -0.05) is 6.07 Å². The molecule has 2 aliphatic rings. The van der Waals surface area contributed by atoms with E-state index in [-0.39, 0.29) is 5.91 Å². The molecule has 0 spiro atoms. The summed E-state index contributed by atoms with van der Waals surface area (Å²) in [5, 5.41) is 6.48. The van der Waals surface area contributed by atoms with Crippen molar-refractivity contribution >= 4 is 11.6 Å². The Morgan fingerprint density at radius 1 is 1.24 bits per heavy atom. The van der Waals surface area contributed by atoms with E-state index in [9.17, 15) is 4.79 Å². The van der Waals surface area contributed by atoms with E-state index in [0.717, 1.165) is 42.1 Å². The molecule has 0 saturated heterocycles. The normalized spacial score (nSPS) is 17.9. The van der Waals surface area contributed by atoms with Crippen LogP contribution in [0.2, 0.25) is 0 Å². The fraction of sp³-hybridized carbons (Fsp3) is 0.611. The Morgan fingerprint density at radius 3 is 2.48 bits per heavy atom. The second-order valence-corrected chi connectivity index (χ2v) is 6.63. The summed E-state index contributed by atoms with van der Waals surface area (Å²) < 4.78 is 0. The highest BCUT2D eigenvalue weighted by Gasteiger charge is 2.41. The van der Waals surface area contributed by atoms with Crippen LogP contribution in [0.25, 0.3) is 0 Å². The Bertz CT molecular complexity index is 506. The number of carbonyl (C=O) groups excluding carboxylic acids is 1. The molecule has 2 N–H and O–H groups in total. The molecule has 2 saturated carbocycles. The van der Waals surface area contributed by atoms with Crippen molar-refractivity contribution in [2.45, 2.75) is 39.5 Å². The van der Waals surface area contributed by atoms with Gasteiger partial charge in [-0.05, 0) is 75.0 Å². The molecular formula is C18H26N2O. The molecule has 0 atom stereocenters. The number of nitrogens with one attached hydrogen (secondary N) is 2. The molecule has 0 unspecified atom stereocenters. The maximum absolute atomic E-state index is 12.5. The van der Waals surface area contributed by atoms with Crippen molar-refractivity contribution < 1.29 is 4.79 Å². The fourth-order valence-corrected chi connectivity index (χ4v) is 3.27. The summed E-state index contributed by atoms with van der Waals surface area (Å²) in [6.45, 7) is 5.79. The lowest BCUT2D eigenvalue weighted by atomic mass is 9.97. The third-order valence-corrected chi connectivity index (χ3v) is 4.74. The van der Waals surface area contributed by atoms with Crippen molar-refractivity contribution in [2.24, 2.45) is 17.8 Å². The van der Waals surface area contributed by atoms with E-state index in [0.29, 0.717) is 0 Å². The Kier molecular flexibility index (Phi) is 4.18. The molecule has 0 aliphatic heterocycles. The van der Waals surface area contributed by atoms with Gasteiger partial charge in [-0.3, -0.25) is 4.79 Å². The molecule has 2 fully saturated rings. The summed E-state index contributed by atoms with van der Waals surface area (Å²) in [6, 6.07) is 6.00. The minimum absolute atomic E-state index is 0.0669. The van der Waals surface area contributed by atoms with Crippen LogP contribution in [0.5, 0.6) is 0 Å². The maximum Gasteiger partial charge on any atom is 0.253 e. The average Bonchev–Trinajstić information content (AvgIpc) is 3.33. The lowest BCUT2D eigenvalue weighted by molar-refractivity contribution is 0.0944. The van der Waals surface area contributed by atoms with Gasteiger partial charge >= 0.3 is 0 Å². The van der Waals surface area contributed by atoms with Gasteiger partial charge in [0, 0.05) is 18.8 Å². The summed E-state index contributed by atoms with van der Waals surface area (Å²) in [5.41, 5.74) is 2.90. The second kappa shape index (κ2) is 6.08. The molecule has 1 aromatic carbocycles. The van der Waals surface area contributed by atoms with Gasteiger partial charge in [-0.2, -0.15) is 0 Å². The van der Waals surface area contributed by atoms with Crippen molar-refractivity contribution in [1.82, 2.24) is 5.32 Å². The van der Waals surface area contributed by atoms with Crippen molar-refractivity contribution in [3.8, 4) is 0 Å². The molecule has 0 radical (unpaired) electrons. The summed E-state index contributed by atoms with van der Waals surface area (Å²) in [7, 11) is 0. The zero-order valence-corrected chi connectivity index (χ0v) is 13.1. The van der Waals surface area contributed by atoms with E-state index in [1.807, 2.05) is 12.1 Å². The van der Waals surface area contributed by atoms with E-state index >= 15 is 0 Å². The number of benzene rings is 1. The third-order valence-electron chi connectivity index (χ3n) is 4.74. The number of hydrogen-bond donors (Lipinski definition) is 2. The van der Waals surface area contributed by atoms with Crippen molar-refractivity contribution in [1.29, 1.82) is 0 Å². The van der Waals surface area contributed by atoms with Crippen molar-refractivity contribution in [2.75, 3.05) is 18.4 Å². The van der Waals surface area contributed by atoms with Crippen LogP contribution < -0.4 is 10.6 Å². The van der Waals surface area contributed by atoms with Gasteiger partial charge in [0.25, 0.3) is 5.91 Å². The smallest absolute Gasteiger partial charge is 0.253 e. The topological polar surface area (TPSA) is 41.1 Å². The van der Waals surface area contributed by atoms with E-state index in [2.05, 4.69) is 30.5 Å². The first kappa shape index (κ1) is 14.4. The summed E-state index contributed by atoms with van der Waals surface area (Å²) in [5.74, 6) is 2.55. The Morgan fingerprint density at radius 2 is 1.90 bits per heavy atom. The second-order valence-electron chi connectivity index (χ2n) is 6.63.